The summed E-state index contributed by atoms with van der Waals surface area (Å²) in [6.07, 6.45) is 2.14. The molecule has 1 aliphatic heterocycles. The van der Waals surface area contributed by atoms with Crippen LogP contribution in [0.2, 0.25) is 5.02 Å². The van der Waals surface area contributed by atoms with Crippen molar-refractivity contribution in [1.82, 2.24) is 10.2 Å². The molecule has 0 saturated carbocycles. The van der Waals surface area contributed by atoms with Gasteiger partial charge in [-0.2, -0.15) is 0 Å². The molecule has 1 aromatic rings. The van der Waals surface area contributed by atoms with E-state index in [9.17, 15) is 9.18 Å². The Hall–Kier alpha value is -1.17. The van der Waals surface area contributed by atoms with Gasteiger partial charge in [-0.05, 0) is 31.5 Å². The first kappa shape index (κ1) is 16.2. The lowest BCUT2D eigenvalue weighted by atomic mass is 10.1. The highest BCUT2D eigenvalue weighted by Gasteiger charge is 2.24. The Bertz CT molecular complexity index is 493. The number of methoxy groups -OCH3 is 1. The van der Waals surface area contributed by atoms with Crippen molar-refractivity contribution in [2.75, 3.05) is 33.4 Å². The van der Waals surface area contributed by atoms with Gasteiger partial charge in [-0.3, -0.25) is 4.79 Å². The molecule has 1 aromatic carbocycles. The van der Waals surface area contributed by atoms with E-state index < -0.39 is 5.82 Å². The van der Waals surface area contributed by atoms with Gasteiger partial charge in [0.05, 0.1) is 17.2 Å². The van der Waals surface area contributed by atoms with E-state index in [1.165, 1.54) is 12.1 Å². The predicted octanol–water partition coefficient (Wildman–Crippen LogP) is 2.32. The van der Waals surface area contributed by atoms with Gasteiger partial charge in [0.1, 0.15) is 5.82 Å². The maximum Gasteiger partial charge on any atom is 0.255 e. The number of hydrogen-bond donors (Lipinski definition) is 1. The molecule has 1 atom stereocenters. The standard InChI is InChI=1S/C15H20ClFN2O2/c1-21-9-8-19(10-11-4-3-7-18-11)15(20)12-5-2-6-13(17)14(12)16/h2,5-6,11,18H,3-4,7-10H2,1H3. The van der Waals surface area contributed by atoms with Gasteiger partial charge in [0.2, 0.25) is 0 Å². The highest BCUT2D eigenvalue weighted by Crippen LogP contribution is 2.21. The lowest BCUT2D eigenvalue weighted by Crippen LogP contribution is -2.42. The quantitative estimate of drug-likeness (QED) is 0.876. The van der Waals surface area contributed by atoms with Crippen LogP contribution in [0, 0.1) is 5.82 Å². The Morgan fingerprint density at radius 3 is 3.05 bits per heavy atom. The van der Waals surface area contributed by atoms with E-state index >= 15 is 0 Å². The van der Waals surface area contributed by atoms with E-state index in [1.807, 2.05) is 0 Å². The summed E-state index contributed by atoms with van der Waals surface area (Å²) in [5, 5.41) is 3.23. The molecule has 0 aliphatic carbocycles. The molecule has 0 radical (unpaired) electrons. The summed E-state index contributed by atoms with van der Waals surface area (Å²) in [7, 11) is 1.59. The number of rotatable bonds is 6. The van der Waals surface area contributed by atoms with Crippen molar-refractivity contribution < 1.29 is 13.9 Å². The van der Waals surface area contributed by atoms with E-state index in [4.69, 9.17) is 16.3 Å². The maximum absolute atomic E-state index is 13.5. The number of benzene rings is 1. The van der Waals surface area contributed by atoms with E-state index in [0.29, 0.717) is 19.7 Å². The van der Waals surface area contributed by atoms with Crippen molar-refractivity contribution in [1.29, 1.82) is 0 Å². The van der Waals surface area contributed by atoms with Crippen molar-refractivity contribution in [3.8, 4) is 0 Å². The van der Waals surface area contributed by atoms with Crippen LogP contribution < -0.4 is 5.32 Å². The van der Waals surface area contributed by atoms with Gasteiger partial charge in [0, 0.05) is 26.2 Å². The molecule has 0 bridgehead atoms. The Labute approximate surface area is 129 Å². The zero-order chi connectivity index (χ0) is 15.2. The van der Waals surface area contributed by atoms with Crippen molar-refractivity contribution in [2.24, 2.45) is 0 Å². The smallest absolute Gasteiger partial charge is 0.255 e. The first-order valence-electron chi connectivity index (χ1n) is 7.09. The molecule has 1 heterocycles. The van der Waals surface area contributed by atoms with Gasteiger partial charge in [-0.25, -0.2) is 4.39 Å². The monoisotopic (exact) mass is 314 g/mol. The SMILES string of the molecule is COCCN(CC1CCCN1)C(=O)c1cccc(F)c1Cl. The van der Waals surface area contributed by atoms with Crippen LogP contribution in [-0.4, -0.2) is 50.2 Å². The normalized spacial score (nSPS) is 18.0. The minimum Gasteiger partial charge on any atom is -0.383 e. The Morgan fingerprint density at radius 2 is 2.38 bits per heavy atom. The molecule has 116 valence electrons. The minimum absolute atomic E-state index is 0.121. The fraction of sp³-hybridized carbons (Fsp3) is 0.533. The van der Waals surface area contributed by atoms with Gasteiger partial charge in [0.15, 0.2) is 0 Å². The molecular weight excluding hydrogens is 295 g/mol. The number of carbonyl (C=O) groups is 1. The van der Waals surface area contributed by atoms with Crippen LogP contribution in [0.25, 0.3) is 0 Å². The van der Waals surface area contributed by atoms with E-state index in [0.717, 1.165) is 19.4 Å². The molecule has 1 saturated heterocycles. The van der Waals surface area contributed by atoms with E-state index in [2.05, 4.69) is 5.32 Å². The van der Waals surface area contributed by atoms with Crippen LogP contribution >= 0.6 is 11.6 Å². The number of halogens is 2. The van der Waals surface area contributed by atoms with Gasteiger partial charge < -0.3 is 15.0 Å². The first-order valence-corrected chi connectivity index (χ1v) is 7.47. The van der Waals surface area contributed by atoms with Crippen molar-refractivity contribution in [2.45, 2.75) is 18.9 Å². The topological polar surface area (TPSA) is 41.6 Å². The number of nitrogens with zero attached hydrogens (tertiary/aromatic N) is 1. The molecule has 0 spiro atoms. The second kappa shape index (κ2) is 7.73. The minimum atomic E-state index is -0.576. The van der Waals surface area contributed by atoms with Crippen LogP contribution in [0.15, 0.2) is 18.2 Å². The maximum atomic E-state index is 13.5. The second-order valence-corrected chi connectivity index (χ2v) is 5.52. The highest BCUT2D eigenvalue weighted by atomic mass is 35.5. The summed E-state index contributed by atoms with van der Waals surface area (Å²) in [5.74, 6) is -0.835. The molecule has 1 amide bonds. The zero-order valence-electron chi connectivity index (χ0n) is 12.1. The zero-order valence-corrected chi connectivity index (χ0v) is 12.8. The third-order valence-corrected chi connectivity index (χ3v) is 4.02. The third-order valence-electron chi connectivity index (χ3n) is 3.64. The Morgan fingerprint density at radius 1 is 1.57 bits per heavy atom. The number of amides is 1. The number of nitrogens with one attached hydrogen (secondary N) is 1. The Kier molecular flexibility index (Phi) is 5.96. The molecule has 4 nitrogen and oxygen atoms in total. The van der Waals surface area contributed by atoms with Crippen molar-refractivity contribution in [3.05, 3.63) is 34.6 Å². The van der Waals surface area contributed by atoms with Crippen LogP contribution in [0.3, 0.4) is 0 Å². The van der Waals surface area contributed by atoms with E-state index in [-0.39, 0.29) is 22.5 Å². The summed E-state index contributed by atoms with van der Waals surface area (Å²) < 4.78 is 18.6. The lowest BCUT2D eigenvalue weighted by Gasteiger charge is -2.26. The molecule has 1 unspecified atom stereocenters. The van der Waals surface area contributed by atoms with E-state index in [1.54, 1.807) is 18.1 Å². The molecule has 2 rings (SSSR count). The number of hydrogen-bond acceptors (Lipinski definition) is 3. The lowest BCUT2D eigenvalue weighted by molar-refractivity contribution is 0.0679. The van der Waals surface area contributed by atoms with Crippen LogP contribution in [-0.2, 0) is 4.74 Å². The average molecular weight is 315 g/mol. The van der Waals surface area contributed by atoms with Gasteiger partial charge in [-0.1, -0.05) is 17.7 Å². The average Bonchev–Trinajstić information content (AvgIpc) is 2.98. The van der Waals surface area contributed by atoms with Crippen molar-refractivity contribution in [3.63, 3.8) is 0 Å². The first-order chi connectivity index (χ1) is 10.1. The summed E-state index contributed by atoms with van der Waals surface area (Å²) in [5.41, 5.74) is 0.200. The largest absolute Gasteiger partial charge is 0.383 e. The summed E-state index contributed by atoms with van der Waals surface area (Å²) >= 11 is 5.91. The highest BCUT2D eigenvalue weighted by molar-refractivity contribution is 6.34. The van der Waals surface area contributed by atoms with Crippen LogP contribution in [0.4, 0.5) is 4.39 Å². The molecule has 1 aliphatic rings. The molecule has 6 heteroatoms. The molecular formula is C15H20ClFN2O2. The number of ether oxygens (including phenoxy) is 1. The Balaban J connectivity index is 2.13. The second-order valence-electron chi connectivity index (χ2n) is 5.14. The fourth-order valence-electron chi connectivity index (χ4n) is 2.50. The van der Waals surface area contributed by atoms with Gasteiger partial charge >= 0.3 is 0 Å². The van der Waals surface area contributed by atoms with Gasteiger partial charge in [0.25, 0.3) is 5.91 Å². The van der Waals surface area contributed by atoms with Crippen molar-refractivity contribution >= 4 is 17.5 Å². The third kappa shape index (κ3) is 4.15. The molecule has 0 aromatic heterocycles. The van der Waals surface area contributed by atoms with Gasteiger partial charge in [-0.15, -0.1) is 0 Å². The summed E-state index contributed by atoms with van der Waals surface area (Å²) in [6.45, 7) is 2.44. The number of carbonyl (C=O) groups excluding carboxylic acids is 1. The fourth-order valence-corrected chi connectivity index (χ4v) is 2.70. The van der Waals surface area contributed by atoms with Crippen LogP contribution in [0.5, 0.6) is 0 Å². The predicted molar refractivity (Wildman–Crippen MR) is 80.2 cm³/mol. The summed E-state index contributed by atoms with van der Waals surface area (Å²) in [4.78, 5) is 14.3. The molecule has 1 fully saturated rings. The molecule has 1 N–H and O–H groups in total. The van der Waals surface area contributed by atoms with Crippen LogP contribution in [0.1, 0.15) is 23.2 Å². The molecule has 21 heavy (non-hydrogen) atoms. The summed E-state index contributed by atoms with van der Waals surface area (Å²) in [6, 6.07) is 4.57.